The van der Waals surface area contributed by atoms with Gasteiger partial charge in [0.1, 0.15) is 6.61 Å². The molecule has 0 bridgehead atoms. The Balaban J connectivity index is 1.73. The fourth-order valence-corrected chi connectivity index (χ4v) is 2.67. The minimum Gasteiger partial charge on any atom is -0.444 e. The fraction of sp³-hybridized carbons (Fsp3) is 0.353. The number of H-pyrrole nitrogens is 1. The van der Waals surface area contributed by atoms with Crippen molar-refractivity contribution in [2.24, 2.45) is 0 Å². The number of benzene rings is 1. The van der Waals surface area contributed by atoms with Crippen molar-refractivity contribution in [3.63, 3.8) is 0 Å². The highest BCUT2D eigenvalue weighted by Crippen LogP contribution is 2.24. The van der Waals surface area contributed by atoms with Crippen LogP contribution in [0.4, 0.5) is 4.79 Å². The molecule has 1 amide bonds. The molecule has 0 saturated carbocycles. The Bertz CT molecular complexity index is 891. The van der Waals surface area contributed by atoms with E-state index in [2.05, 4.69) is 4.98 Å². The van der Waals surface area contributed by atoms with E-state index in [4.69, 9.17) is 9.47 Å². The van der Waals surface area contributed by atoms with Gasteiger partial charge in [0.15, 0.2) is 12.5 Å². The standard InChI is InChI=1S/C17H19N3O6/c1-11-7-19(16(23)18-15(11)22)13-8-20(14(9-21)26-13)17(24)25-10-12-5-3-2-4-6-12/h2-7,13-14,21H,8-10H2,1H3,(H,18,22,23)/t13-,14-/m1/s1. The van der Waals surface area contributed by atoms with Gasteiger partial charge in [0, 0.05) is 11.8 Å². The predicted molar refractivity (Wildman–Crippen MR) is 90.4 cm³/mol. The van der Waals surface area contributed by atoms with Crippen LogP contribution in [0, 0.1) is 6.92 Å². The summed E-state index contributed by atoms with van der Waals surface area (Å²) in [6.07, 6.45) is -1.08. The zero-order chi connectivity index (χ0) is 18.7. The Hall–Kier alpha value is -2.91. The van der Waals surface area contributed by atoms with Gasteiger partial charge < -0.3 is 14.6 Å². The minimum atomic E-state index is -0.942. The van der Waals surface area contributed by atoms with Crippen LogP contribution >= 0.6 is 0 Å². The van der Waals surface area contributed by atoms with Crippen LogP contribution in [0.1, 0.15) is 17.4 Å². The molecule has 0 unspecified atom stereocenters. The molecular weight excluding hydrogens is 342 g/mol. The smallest absolute Gasteiger partial charge is 0.412 e. The zero-order valence-corrected chi connectivity index (χ0v) is 14.1. The summed E-state index contributed by atoms with van der Waals surface area (Å²) in [6.45, 7) is 1.19. The molecule has 1 aromatic carbocycles. The molecule has 2 heterocycles. The van der Waals surface area contributed by atoms with Crippen LogP contribution in [0.2, 0.25) is 0 Å². The Labute approximate surface area is 148 Å². The number of ether oxygens (including phenoxy) is 2. The number of aryl methyl sites for hydroxylation is 1. The van der Waals surface area contributed by atoms with Gasteiger partial charge in [-0.2, -0.15) is 0 Å². The van der Waals surface area contributed by atoms with Gasteiger partial charge in [-0.05, 0) is 12.5 Å². The Morgan fingerprint density at radius 3 is 2.77 bits per heavy atom. The second kappa shape index (κ2) is 7.54. The molecule has 1 aliphatic rings. The number of carbonyl (C=O) groups is 1. The van der Waals surface area contributed by atoms with Crippen LogP contribution in [0.3, 0.4) is 0 Å². The van der Waals surface area contributed by atoms with E-state index in [1.165, 1.54) is 15.7 Å². The van der Waals surface area contributed by atoms with Gasteiger partial charge in [-0.1, -0.05) is 30.3 Å². The Morgan fingerprint density at radius 2 is 2.08 bits per heavy atom. The lowest BCUT2D eigenvalue weighted by atomic mass is 10.2. The molecule has 1 aromatic heterocycles. The summed E-state index contributed by atoms with van der Waals surface area (Å²) in [5, 5.41) is 9.48. The van der Waals surface area contributed by atoms with Crippen molar-refractivity contribution in [3.05, 3.63) is 68.5 Å². The van der Waals surface area contributed by atoms with Crippen molar-refractivity contribution in [2.75, 3.05) is 13.2 Å². The summed E-state index contributed by atoms with van der Waals surface area (Å²) < 4.78 is 12.0. The summed E-state index contributed by atoms with van der Waals surface area (Å²) in [7, 11) is 0. The third-order valence-corrected chi connectivity index (χ3v) is 4.07. The normalized spacial score (nSPS) is 19.5. The van der Waals surface area contributed by atoms with E-state index in [9.17, 15) is 19.5 Å². The summed E-state index contributed by atoms with van der Waals surface area (Å²) in [4.78, 5) is 39.2. The van der Waals surface area contributed by atoms with Crippen molar-refractivity contribution in [1.82, 2.24) is 14.5 Å². The average molecular weight is 361 g/mol. The predicted octanol–water partition coefficient (Wildman–Crippen LogP) is 0.331. The molecule has 1 saturated heterocycles. The summed E-state index contributed by atoms with van der Waals surface area (Å²) >= 11 is 0. The average Bonchev–Trinajstić information content (AvgIpc) is 3.08. The van der Waals surface area contributed by atoms with Crippen LogP contribution in [-0.4, -0.2) is 45.0 Å². The third-order valence-electron chi connectivity index (χ3n) is 4.07. The van der Waals surface area contributed by atoms with Crippen LogP contribution in [0.5, 0.6) is 0 Å². The largest absolute Gasteiger partial charge is 0.444 e. The van der Waals surface area contributed by atoms with Gasteiger partial charge in [0.25, 0.3) is 5.56 Å². The SMILES string of the molecule is Cc1cn([C@H]2CN(C(=O)OCc3ccccc3)[C@@H](CO)O2)c(=O)[nH]c1=O. The zero-order valence-electron chi connectivity index (χ0n) is 14.1. The van der Waals surface area contributed by atoms with Gasteiger partial charge >= 0.3 is 11.8 Å². The van der Waals surface area contributed by atoms with E-state index in [0.29, 0.717) is 5.56 Å². The first-order valence-corrected chi connectivity index (χ1v) is 8.05. The molecule has 0 aliphatic carbocycles. The number of aromatic amines is 1. The molecule has 0 spiro atoms. The molecule has 1 aliphatic heterocycles. The van der Waals surface area contributed by atoms with Gasteiger partial charge in [-0.3, -0.25) is 19.2 Å². The van der Waals surface area contributed by atoms with E-state index in [1.807, 2.05) is 30.3 Å². The van der Waals surface area contributed by atoms with Crippen molar-refractivity contribution in [1.29, 1.82) is 0 Å². The van der Waals surface area contributed by atoms with Crippen LogP contribution in [-0.2, 0) is 16.1 Å². The molecule has 138 valence electrons. The Morgan fingerprint density at radius 1 is 1.35 bits per heavy atom. The number of nitrogens with zero attached hydrogens (tertiary/aromatic N) is 2. The van der Waals surface area contributed by atoms with E-state index in [1.54, 1.807) is 6.92 Å². The summed E-state index contributed by atoms with van der Waals surface area (Å²) in [5.74, 6) is 0. The summed E-state index contributed by atoms with van der Waals surface area (Å²) in [5.41, 5.74) is 0.0215. The van der Waals surface area contributed by atoms with Crippen LogP contribution < -0.4 is 11.2 Å². The van der Waals surface area contributed by atoms with Gasteiger partial charge in [-0.15, -0.1) is 0 Å². The lowest BCUT2D eigenvalue weighted by Gasteiger charge is -2.20. The topological polar surface area (TPSA) is 114 Å². The van der Waals surface area contributed by atoms with Gasteiger partial charge in [-0.25, -0.2) is 9.59 Å². The van der Waals surface area contributed by atoms with Crippen molar-refractivity contribution < 1.29 is 19.4 Å². The lowest BCUT2D eigenvalue weighted by Crippen LogP contribution is -2.39. The van der Waals surface area contributed by atoms with Crippen LogP contribution in [0.25, 0.3) is 0 Å². The molecule has 2 atom stereocenters. The molecule has 26 heavy (non-hydrogen) atoms. The molecule has 9 heteroatoms. The number of aliphatic hydroxyl groups is 1. The van der Waals surface area contributed by atoms with Crippen LogP contribution in [0.15, 0.2) is 46.1 Å². The van der Waals surface area contributed by atoms with E-state index in [0.717, 1.165) is 5.56 Å². The van der Waals surface area contributed by atoms with Crippen molar-refractivity contribution >= 4 is 6.09 Å². The first-order chi connectivity index (χ1) is 12.5. The molecule has 9 nitrogen and oxygen atoms in total. The van der Waals surface area contributed by atoms with Gasteiger partial charge in [0.05, 0.1) is 13.2 Å². The molecular formula is C17H19N3O6. The number of aromatic nitrogens is 2. The first kappa shape index (κ1) is 17.9. The number of carbonyl (C=O) groups excluding carboxylic acids is 1. The third kappa shape index (κ3) is 3.68. The molecule has 2 aromatic rings. The maximum absolute atomic E-state index is 12.3. The number of aliphatic hydroxyl groups excluding tert-OH is 1. The van der Waals surface area contributed by atoms with Gasteiger partial charge in [0.2, 0.25) is 0 Å². The fourth-order valence-electron chi connectivity index (χ4n) is 2.67. The number of hydrogen-bond donors (Lipinski definition) is 2. The maximum atomic E-state index is 12.3. The maximum Gasteiger partial charge on any atom is 0.412 e. The van der Waals surface area contributed by atoms with Crippen molar-refractivity contribution in [2.45, 2.75) is 26.0 Å². The second-order valence-corrected chi connectivity index (χ2v) is 5.90. The van der Waals surface area contributed by atoms with E-state index in [-0.39, 0.29) is 13.2 Å². The highest BCUT2D eigenvalue weighted by molar-refractivity contribution is 5.68. The monoisotopic (exact) mass is 361 g/mol. The molecule has 3 rings (SSSR count). The first-order valence-electron chi connectivity index (χ1n) is 8.05. The quantitative estimate of drug-likeness (QED) is 0.811. The Kier molecular flexibility index (Phi) is 5.19. The van der Waals surface area contributed by atoms with Crippen molar-refractivity contribution in [3.8, 4) is 0 Å². The summed E-state index contributed by atoms with van der Waals surface area (Å²) in [6, 6.07) is 9.17. The number of rotatable bonds is 4. The molecule has 0 radical (unpaired) electrons. The second-order valence-electron chi connectivity index (χ2n) is 5.90. The minimum absolute atomic E-state index is 0.00421. The number of hydrogen-bond acceptors (Lipinski definition) is 6. The lowest BCUT2D eigenvalue weighted by molar-refractivity contribution is -0.0544. The molecule has 1 fully saturated rings. The highest BCUT2D eigenvalue weighted by atomic mass is 16.6. The van der Waals surface area contributed by atoms with E-state index < -0.39 is 36.4 Å². The number of nitrogens with one attached hydrogen (secondary N) is 1. The highest BCUT2D eigenvalue weighted by Gasteiger charge is 2.38. The van der Waals surface area contributed by atoms with E-state index >= 15 is 0 Å². The molecule has 2 N–H and O–H groups in total. The number of amides is 1.